The average Bonchev–Trinajstić information content (AvgIpc) is 3.47. The summed E-state index contributed by atoms with van der Waals surface area (Å²) in [7, 11) is 0. The Labute approximate surface area is 175 Å². The van der Waals surface area contributed by atoms with E-state index in [9.17, 15) is 4.79 Å². The fourth-order valence-electron chi connectivity index (χ4n) is 3.15. The Bertz CT molecular complexity index is 1100. The molecule has 4 aromatic rings. The quantitative estimate of drug-likeness (QED) is 0.362. The summed E-state index contributed by atoms with van der Waals surface area (Å²) in [6.45, 7) is 1.37. The fourth-order valence-corrected chi connectivity index (χ4v) is 3.15. The molecule has 0 unspecified atom stereocenters. The standard InChI is InChI=1S/C24H23N5O/c30-23(25-15-7-17-28-18-8-16-26-28)14-13-21-19-29(22-11-5-2-6-12-22)27-24(21)20-9-3-1-4-10-20/h1-6,8-14,16,18-19H,7,15,17H2,(H,25,30)/b14-13+. The van der Waals surface area contributed by atoms with E-state index in [1.165, 1.54) is 0 Å². The molecule has 2 heterocycles. The topological polar surface area (TPSA) is 64.7 Å². The van der Waals surface area contributed by atoms with Gasteiger partial charge in [-0.25, -0.2) is 4.68 Å². The van der Waals surface area contributed by atoms with Crippen LogP contribution in [0, 0.1) is 0 Å². The summed E-state index contributed by atoms with van der Waals surface area (Å²) in [6, 6.07) is 21.8. The molecule has 6 nitrogen and oxygen atoms in total. The van der Waals surface area contributed by atoms with Crippen LogP contribution in [0.5, 0.6) is 0 Å². The van der Waals surface area contributed by atoms with E-state index in [-0.39, 0.29) is 5.91 Å². The van der Waals surface area contributed by atoms with Crippen molar-refractivity contribution in [2.75, 3.05) is 6.54 Å². The maximum Gasteiger partial charge on any atom is 0.244 e. The number of para-hydroxylation sites is 1. The predicted molar refractivity (Wildman–Crippen MR) is 118 cm³/mol. The van der Waals surface area contributed by atoms with Gasteiger partial charge >= 0.3 is 0 Å². The molecule has 0 spiro atoms. The van der Waals surface area contributed by atoms with Gasteiger partial charge in [-0.2, -0.15) is 10.2 Å². The Morgan fingerprint density at radius 2 is 1.77 bits per heavy atom. The third kappa shape index (κ3) is 4.91. The highest BCUT2D eigenvalue weighted by Crippen LogP contribution is 2.24. The van der Waals surface area contributed by atoms with Crippen LogP contribution < -0.4 is 5.32 Å². The number of rotatable bonds is 8. The zero-order valence-corrected chi connectivity index (χ0v) is 16.6. The van der Waals surface area contributed by atoms with Crippen molar-refractivity contribution in [3.05, 3.63) is 97.0 Å². The smallest absolute Gasteiger partial charge is 0.244 e. The third-order valence-corrected chi connectivity index (χ3v) is 4.65. The van der Waals surface area contributed by atoms with Crippen LogP contribution in [0.25, 0.3) is 23.0 Å². The fraction of sp³-hybridized carbons (Fsp3) is 0.125. The molecule has 0 aliphatic rings. The van der Waals surface area contributed by atoms with Crippen molar-refractivity contribution in [1.29, 1.82) is 0 Å². The largest absolute Gasteiger partial charge is 0.352 e. The maximum absolute atomic E-state index is 12.3. The van der Waals surface area contributed by atoms with Gasteiger partial charge in [0, 0.05) is 48.9 Å². The second kappa shape index (κ2) is 9.52. The molecule has 2 aromatic heterocycles. The van der Waals surface area contributed by atoms with Crippen molar-refractivity contribution in [3.8, 4) is 16.9 Å². The number of benzene rings is 2. The summed E-state index contributed by atoms with van der Waals surface area (Å²) in [5.74, 6) is -0.123. The number of amides is 1. The van der Waals surface area contributed by atoms with Gasteiger partial charge in [-0.15, -0.1) is 0 Å². The zero-order chi connectivity index (χ0) is 20.6. The van der Waals surface area contributed by atoms with E-state index in [2.05, 4.69) is 10.4 Å². The van der Waals surface area contributed by atoms with E-state index in [4.69, 9.17) is 5.10 Å². The first-order chi connectivity index (χ1) is 14.8. The number of nitrogens with one attached hydrogen (secondary N) is 1. The number of carbonyl (C=O) groups excluding carboxylic acids is 1. The Morgan fingerprint density at radius 1 is 1.00 bits per heavy atom. The van der Waals surface area contributed by atoms with E-state index in [1.807, 2.05) is 94.6 Å². The van der Waals surface area contributed by atoms with Crippen molar-refractivity contribution in [2.45, 2.75) is 13.0 Å². The van der Waals surface area contributed by atoms with Gasteiger partial charge in [-0.1, -0.05) is 48.5 Å². The Hall–Kier alpha value is -3.93. The number of hydrogen-bond acceptors (Lipinski definition) is 3. The molecule has 0 radical (unpaired) electrons. The lowest BCUT2D eigenvalue weighted by Gasteiger charge is -2.03. The van der Waals surface area contributed by atoms with Crippen LogP contribution in [0.4, 0.5) is 0 Å². The van der Waals surface area contributed by atoms with Gasteiger partial charge in [0.15, 0.2) is 0 Å². The van der Waals surface area contributed by atoms with Crippen LogP contribution in [0.3, 0.4) is 0 Å². The SMILES string of the molecule is O=C(/C=C/c1cn(-c2ccccc2)nc1-c1ccccc1)NCCCn1cccn1. The minimum Gasteiger partial charge on any atom is -0.352 e. The summed E-state index contributed by atoms with van der Waals surface area (Å²) in [6.07, 6.45) is 9.81. The maximum atomic E-state index is 12.3. The molecular weight excluding hydrogens is 374 g/mol. The van der Waals surface area contributed by atoms with E-state index in [0.29, 0.717) is 6.54 Å². The summed E-state index contributed by atoms with van der Waals surface area (Å²) < 4.78 is 3.69. The summed E-state index contributed by atoms with van der Waals surface area (Å²) in [5, 5.41) is 11.8. The number of carbonyl (C=O) groups is 1. The molecule has 0 aliphatic carbocycles. The molecule has 0 saturated carbocycles. The van der Waals surface area contributed by atoms with Crippen LogP contribution in [0.2, 0.25) is 0 Å². The van der Waals surface area contributed by atoms with E-state index >= 15 is 0 Å². The minimum absolute atomic E-state index is 0.123. The molecule has 30 heavy (non-hydrogen) atoms. The van der Waals surface area contributed by atoms with Gasteiger partial charge < -0.3 is 5.32 Å². The van der Waals surface area contributed by atoms with Crippen LogP contribution in [-0.4, -0.2) is 32.0 Å². The lowest BCUT2D eigenvalue weighted by Crippen LogP contribution is -2.23. The van der Waals surface area contributed by atoms with Gasteiger partial charge in [0.25, 0.3) is 0 Å². The lowest BCUT2D eigenvalue weighted by atomic mass is 10.1. The Morgan fingerprint density at radius 3 is 2.50 bits per heavy atom. The highest BCUT2D eigenvalue weighted by atomic mass is 16.1. The third-order valence-electron chi connectivity index (χ3n) is 4.65. The molecule has 150 valence electrons. The molecule has 4 rings (SSSR count). The van der Waals surface area contributed by atoms with Crippen molar-refractivity contribution in [3.63, 3.8) is 0 Å². The predicted octanol–water partition coefficient (Wildman–Crippen LogP) is 3.96. The van der Waals surface area contributed by atoms with Crippen LogP contribution in [0.15, 0.2) is 91.4 Å². The number of aryl methyl sites for hydroxylation is 1. The molecule has 1 N–H and O–H groups in total. The summed E-state index contributed by atoms with van der Waals surface area (Å²) in [4.78, 5) is 12.3. The van der Waals surface area contributed by atoms with Gasteiger partial charge in [0.1, 0.15) is 0 Å². The molecule has 0 saturated heterocycles. The first-order valence-corrected chi connectivity index (χ1v) is 9.93. The van der Waals surface area contributed by atoms with E-state index in [1.54, 1.807) is 12.3 Å². The summed E-state index contributed by atoms with van der Waals surface area (Å²) in [5.41, 5.74) is 3.70. The summed E-state index contributed by atoms with van der Waals surface area (Å²) >= 11 is 0. The van der Waals surface area contributed by atoms with Crippen molar-refractivity contribution in [2.24, 2.45) is 0 Å². The molecule has 0 fully saturated rings. The molecule has 6 heteroatoms. The molecular formula is C24H23N5O. The monoisotopic (exact) mass is 397 g/mol. The number of hydrogen-bond donors (Lipinski definition) is 1. The molecule has 2 aromatic carbocycles. The highest BCUT2D eigenvalue weighted by molar-refractivity contribution is 5.92. The molecule has 0 atom stereocenters. The van der Waals surface area contributed by atoms with E-state index in [0.717, 1.165) is 35.5 Å². The molecule has 1 amide bonds. The first-order valence-electron chi connectivity index (χ1n) is 9.93. The second-order valence-electron chi connectivity index (χ2n) is 6.83. The van der Waals surface area contributed by atoms with Crippen molar-refractivity contribution < 1.29 is 4.79 Å². The van der Waals surface area contributed by atoms with E-state index < -0.39 is 0 Å². The Kier molecular flexibility index (Phi) is 6.15. The molecule has 0 aliphatic heterocycles. The molecule has 0 bridgehead atoms. The second-order valence-corrected chi connectivity index (χ2v) is 6.83. The Balaban J connectivity index is 1.46. The number of nitrogens with zero attached hydrogens (tertiary/aromatic N) is 4. The highest BCUT2D eigenvalue weighted by Gasteiger charge is 2.10. The van der Waals surface area contributed by atoms with Crippen LogP contribution in [-0.2, 0) is 11.3 Å². The minimum atomic E-state index is -0.123. The van der Waals surface area contributed by atoms with Crippen LogP contribution >= 0.6 is 0 Å². The van der Waals surface area contributed by atoms with Crippen molar-refractivity contribution >= 4 is 12.0 Å². The first kappa shape index (κ1) is 19.4. The van der Waals surface area contributed by atoms with Gasteiger partial charge in [0.05, 0.1) is 11.4 Å². The van der Waals surface area contributed by atoms with Gasteiger partial charge in [-0.3, -0.25) is 9.48 Å². The average molecular weight is 397 g/mol. The van der Waals surface area contributed by atoms with Crippen LogP contribution in [0.1, 0.15) is 12.0 Å². The normalized spacial score (nSPS) is 11.1. The zero-order valence-electron chi connectivity index (χ0n) is 16.6. The van der Waals surface area contributed by atoms with Gasteiger partial charge in [0.2, 0.25) is 5.91 Å². The van der Waals surface area contributed by atoms with Gasteiger partial charge in [-0.05, 0) is 30.7 Å². The number of aromatic nitrogens is 4. The van der Waals surface area contributed by atoms with Crippen molar-refractivity contribution in [1.82, 2.24) is 24.9 Å². The lowest BCUT2D eigenvalue weighted by molar-refractivity contribution is -0.116.